The lowest BCUT2D eigenvalue weighted by Crippen LogP contribution is -2.03. The number of aliphatic hydroxyl groups excluding tert-OH is 1. The summed E-state index contributed by atoms with van der Waals surface area (Å²) in [5.74, 6) is 1.66. The van der Waals surface area contributed by atoms with Crippen LogP contribution in [-0.2, 0) is 0 Å². The van der Waals surface area contributed by atoms with Crippen molar-refractivity contribution in [3.8, 4) is 11.5 Å². The van der Waals surface area contributed by atoms with E-state index in [4.69, 9.17) is 9.47 Å². The molecule has 0 fully saturated rings. The molecule has 0 bridgehead atoms. The van der Waals surface area contributed by atoms with Crippen molar-refractivity contribution >= 4 is 11.8 Å². The Balaban J connectivity index is 3.25. The highest BCUT2D eigenvalue weighted by molar-refractivity contribution is 7.98. The third-order valence-electron chi connectivity index (χ3n) is 2.54. The second-order valence-corrected chi connectivity index (χ2v) is 4.38. The maximum absolute atomic E-state index is 9.20. The molecule has 0 aliphatic carbocycles. The van der Waals surface area contributed by atoms with Gasteiger partial charge in [-0.1, -0.05) is 6.92 Å². The van der Waals surface area contributed by atoms with Gasteiger partial charge in [0.1, 0.15) is 11.5 Å². The molecule has 0 spiro atoms. The van der Waals surface area contributed by atoms with E-state index in [0.29, 0.717) is 0 Å². The van der Waals surface area contributed by atoms with Crippen molar-refractivity contribution in [3.63, 3.8) is 0 Å². The molecule has 16 heavy (non-hydrogen) atoms. The van der Waals surface area contributed by atoms with E-state index < -0.39 is 0 Å². The van der Waals surface area contributed by atoms with Gasteiger partial charge in [0.15, 0.2) is 0 Å². The molecule has 0 heterocycles. The molecule has 1 aromatic carbocycles. The second-order valence-electron chi connectivity index (χ2n) is 3.53. The van der Waals surface area contributed by atoms with Crippen LogP contribution >= 0.6 is 11.8 Å². The summed E-state index contributed by atoms with van der Waals surface area (Å²) < 4.78 is 10.6. The van der Waals surface area contributed by atoms with E-state index in [0.717, 1.165) is 22.0 Å². The Labute approximate surface area is 101 Å². The molecule has 90 valence electrons. The lowest BCUT2D eigenvalue weighted by molar-refractivity contribution is 0.269. The molecular formula is C12H18O3S. The lowest BCUT2D eigenvalue weighted by Gasteiger charge is -2.17. The molecule has 1 unspecified atom stereocenters. The Morgan fingerprint density at radius 2 is 1.88 bits per heavy atom. The summed E-state index contributed by atoms with van der Waals surface area (Å²) in [5, 5.41) is 9.20. The molecule has 0 radical (unpaired) electrons. The standard InChI is InChI=1S/C12H18O3S/c1-8(7-13)9-5-11(15-3)12(16-4)6-10(9)14-2/h5-6,8,13H,7H2,1-4H3. The summed E-state index contributed by atoms with van der Waals surface area (Å²) in [6, 6.07) is 3.89. The molecule has 0 saturated carbocycles. The van der Waals surface area contributed by atoms with E-state index in [1.54, 1.807) is 26.0 Å². The highest BCUT2D eigenvalue weighted by Gasteiger charge is 2.15. The van der Waals surface area contributed by atoms with Gasteiger partial charge in [-0.15, -0.1) is 11.8 Å². The summed E-state index contributed by atoms with van der Waals surface area (Å²) in [5.41, 5.74) is 0.972. The first kappa shape index (κ1) is 13.2. The Hall–Kier alpha value is -0.870. The molecule has 0 aliphatic rings. The van der Waals surface area contributed by atoms with Crippen LogP contribution in [0.5, 0.6) is 11.5 Å². The van der Waals surface area contributed by atoms with E-state index in [1.807, 2.05) is 25.3 Å². The fraction of sp³-hybridized carbons (Fsp3) is 0.500. The van der Waals surface area contributed by atoms with Gasteiger partial charge in [0.2, 0.25) is 0 Å². The molecule has 1 rings (SSSR count). The molecule has 0 aromatic heterocycles. The Bertz CT molecular complexity index is 352. The number of thioether (sulfide) groups is 1. The van der Waals surface area contributed by atoms with Crippen LogP contribution in [0.25, 0.3) is 0 Å². The third kappa shape index (κ3) is 2.62. The van der Waals surface area contributed by atoms with Gasteiger partial charge in [-0.3, -0.25) is 0 Å². The molecule has 1 atom stereocenters. The Morgan fingerprint density at radius 1 is 1.25 bits per heavy atom. The monoisotopic (exact) mass is 242 g/mol. The molecule has 0 amide bonds. The first-order chi connectivity index (χ1) is 7.67. The van der Waals surface area contributed by atoms with Gasteiger partial charge in [-0.25, -0.2) is 0 Å². The summed E-state index contributed by atoms with van der Waals surface area (Å²) >= 11 is 1.61. The number of rotatable bonds is 5. The average molecular weight is 242 g/mol. The van der Waals surface area contributed by atoms with Gasteiger partial charge in [0.05, 0.1) is 19.1 Å². The minimum atomic E-state index is 0.0414. The van der Waals surface area contributed by atoms with Gasteiger partial charge in [-0.2, -0.15) is 0 Å². The number of aliphatic hydroxyl groups is 1. The second kappa shape index (κ2) is 6.01. The summed E-state index contributed by atoms with van der Waals surface area (Å²) in [7, 11) is 3.29. The average Bonchev–Trinajstić information content (AvgIpc) is 2.35. The van der Waals surface area contributed by atoms with Crippen LogP contribution < -0.4 is 9.47 Å². The van der Waals surface area contributed by atoms with Gasteiger partial charge in [0, 0.05) is 18.1 Å². The first-order valence-corrected chi connectivity index (χ1v) is 6.31. The molecule has 0 saturated heterocycles. The Morgan fingerprint density at radius 3 is 2.31 bits per heavy atom. The number of methoxy groups -OCH3 is 2. The van der Waals surface area contributed by atoms with E-state index in [-0.39, 0.29) is 12.5 Å². The van der Waals surface area contributed by atoms with Crippen LogP contribution in [0.3, 0.4) is 0 Å². The zero-order chi connectivity index (χ0) is 12.1. The highest BCUT2D eigenvalue weighted by Crippen LogP contribution is 2.37. The van der Waals surface area contributed by atoms with Gasteiger partial charge in [0.25, 0.3) is 0 Å². The third-order valence-corrected chi connectivity index (χ3v) is 3.30. The summed E-state index contributed by atoms with van der Waals surface area (Å²) in [6.07, 6.45) is 1.99. The number of hydrogen-bond acceptors (Lipinski definition) is 4. The van der Waals surface area contributed by atoms with Crippen molar-refractivity contribution in [1.29, 1.82) is 0 Å². The molecular weight excluding hydrogens is 224 g/mol. The van der Waals surface area contributed by atoms with Crippen molar-refractivity contribution < 1.29 is 14.6 Å². The number of benzene rings is 1. The van der Waals surface area contributed by atoms with E-state index in [9.17, 15) is 5.11 Å². The number of ether oxygens (including phenoxy) is 2. The van der Waals surface area contributed by atoms with Gasteiger partial charge >= 0.3 is 0 Å². The molecule has 1 aromatic rings. The molecule has 3 nitrogen and oxygen atoms in total. The Kier molecular flexibility index (Phi) is 4.96. The predicted molar refractivity (Wildman–Crippen MR) is 66.8 cm³/mol. The topological polar surface area (TPSA) is 38.7 Å². The van der Waals surface area contributed by atoms with E-state index in [1.165, 1.54) is 0 Å². The number of hydrogen-bond donors (Lipinski definition) is 1. The predicted octanol–water partition coefficient (Wildman–Crippen LogP) is 2.52. The van der Waals surface area contributed by atoms with Crippen LogP contribution in [0.1, 0.15) is 18.4 Å². The maximum atomic E-state index is 9.20. The van der Waals surface area contributed by atoms with E-state index >= 15 is 0 Å². The normalized spacial score (nSPS) is 12.3. The summed E-state index contributed by atoms with van der Waals surface area (Å²) in [6.45, 7) is 2.05. The zero-order valence-electron chi connectivity index (χ0n) is 10.1. The quantitative estimate of drug-likeness (QED) is 0.805. The van der Waals surface area contributed by atoms with Crippen molar-refractivity contribution in [1.82, 2.24) is 0 Å². The van der Waals surface area contributed by atoms with Crippen LogP contribution in [0.15, 0.2) is 17.0 Å². The minimum absolute atomic E-state index is 0.0414. The van der Waals surface area contributed by atoms with Crippen LogP contribution in [0.2, 0.25) is 0 Å². The molecule has 0 aliphatic heterocycles. The lowest BCUT2D eigenvalue weighted by atomic mass is 10.0. The van der Waals surface area contributed by atoms with Crippen molar-refractivity contribution in [2.24, 2.45) is 0 Å². The molecule has 4 heteroatoms. The summed E-state index contributed by atoms with van der Waals surface area (Å²) in [4.78, 5) is 1.04. The highest BCUT2D eigenvalue weighted by atomic mass is 32.2. The van der Waals surface area contributed by atoms with Crippen molar-refractivity contribution in [2.45, 2.75) is 17.7 Å². The van der Waals surface area contributed by atoms with Gasteiger partial charge < -0.3 is 14.6 Å². The fourth-order valence-corrected chi connectivity index (χ4v) is 2.10. The largest absolute Gasteiger partial charge is 0.496 e. The smallest absolute Gasteiger partial charge is 0.132 e. The molecule has 1 N–H and O–H groups in total. The fourth-order valence-electron chi connectivity index (χ4n) is 1.54. The van der Waals surface area contributed by atoms with Crippen LogP contribution in [0.4, 0.5) is 0 Å². The van der Waals surface area contributed by atoms with Gasteiger partial charge in [-0.05, 0) is 18.4 Å². The van der Waals surface area contributed by atoms with Crippen molar-refractivity contribution in [2.75, 3.05) is 27.1 Å². The first-order valence-electron chi connectivity index (χ1n) is 5.08. The zero-order valence-corrected chi connectivity index (χ0v) is 10.9. The SMILES string of the molecule is COc1cc(C(C)CO)c(OC)cc1SC. The van der Waals surface area contributed by atoms with E-state index in [2.05, 4.69) is 0 Å². The van der Waals surface area contributed by atoms with Crippen LogP contribution in [-0.4, -0.2) is 32.2 Å². The van der Waals surface area contributed by atoms with Crippen LogP contribution in [0, 0.1) is 0 Å². The minimum Gasteiger partial charge on any atom is -0.496 e. The maximum Gasteiger partial charge on any atom is 0.132 e. The van der Waals surface area contributed by atoms with Crippen molar-refractivity contribution in [3.05, 3.63) is 17.7 Å².